The Morgan fingerprint density at radius 2 is 2.05 bits per heavy atom. The van der Waals surface area contributed by atoms with Gasteiger partial charge in [-0.3, -0.25) is 4.79 Å². The number of anilines is 1. The van der Waals surface area contributed by atoms with Gasteiger partial charge in [0.2, 0.25) is 5.91 Å². The van der Waals surface area contributed by atoms with Gasteiger partial charge in [0.25, 0.3) is 0 Å². The summed E-state index contributed by atoms with van der Waals surface area (Å²) in [5.74, 6) is 0.595. The first kappa shape index (κ1) is 13.8. The third kappa shape index (κ3) is 2.54. The molecule has 1 aliphatic rings. The first-order chi connectivity index (χ1) is 10.1. The third-order valence-electron chi connectivity index (χ3n) is 4.08. The molecular formula is C15H19N5O. The summed E-state index contributed by atoms with van der Waals surface area (Å²) in [7, 11) is 1.87. The Bertz CT molecular complexity index is 658. The van der Waals surface area contributed by atoms with Crippen molar-refractivity contribution in [2.45, 2.75) is 31.2 Å². The molecule has 3 rings (SSSR count). The molecule has 3 N–H and O–H groups in total. The van der Waals surface area contributed by atoms with Crippen LogP contribution in [0.2, 0.25) is 0 Å². The van der Waals surface area contributed by atoms with Gasteiger partial charge in [-0.05, 0) is 25.0 Å². The molecule has 0 spiro atoms. The van der Waals surface area contributed by atoms with Crippen LogP contribution in [-0.4, -0.2) is 26.2 Å². The Labute approximate surface area is 123 Å². The standard InChI is InChI=1S/C15H19N5O/c1-20-10-17-19-13(20)11-6-2-3-7-12(11)18-14(21)15(16)8-4-5-9-15/h2-3,6-7,10H,4-5,8-9,16H2,1H3,(H,18,21). The maximum Gasteiger partial charge on any atom is 0.244 e. The average molecular weight is 285 g/mol. The Morgan fingerprint density at radius 1 is 1.33 bits per heavy atom. The molecule has 0 atom stereocenters. The highest BCUT2D eigenvalue weighted by atomic mass is 16.2. The van der Waals surface area contributed by atoms with E-state index in [4.69, 9.17) is 5.73 Å². The monoisotopic (exact) mass is 285 g/mol. The zero-order valence-electron chi connectivity index (χ0n) is 12.0. The SMILES string of the molecule is Cn1cnnc1-c1ccccc1NC(=O)C1(N)CCCC1. The van der Waals surface area contributed by atoms with Gasteiger partial charge in [-0.1, -0.05) is 25.0 Å². The maximum absolute atomic E-state index is 12.5. The molecule has 110 valence electrons. The van der Waals surface area contributed by atoms with Gasteiger partial charge in [0.15, 0.2) is 5.82 Å². The van der Waals surface area contributed by atoms with Crippen LogP contribution in [0.5, 0.6) is 0 Å². The summed E-state index contributed by atoms with van der Waals surface area (Å²) in [6.07, 6.45) is 5.13. The van der Waals surface area contributed by atoms with Crippen molar-refractivity contribution >= 4 is 11.6 Å². The largest absolute Gasteiger partial charge is 0.324 e. The molecule has 1 aromatic heterocycles. The predicted molar refractivity (Wildman–Crippen MR) is 80.5 cm³/mol. The zero-order chi connectivity index (χ0) is 14.9. The van der Waals surface area contributed by atoms with Gasteiger partial charge in [0.1, 0.15) is 6.33 Å². The van der Waals surface area contributed by atoms with Crippen molar-refractivity contribution in [3.63, 3.8) is 0 Å². The number of aromatic nitrogens is 3. The smallest absolute Gasteiger partial charge is 0.244 e. The molecular weight excluding hydrogens is 266 g/mol. The van der Waals surface area contributed by atoms with Crippen molar-refractivity contribution in [1.29, 1.82) is 0 Å². The summed E-state index contributed by atoms with van der Waals surface area (Å²) in [5.41, 5.74) is 7.02. The number of rotatable bonds is 3. The van der Waals surface area contributed by atoms with Crippen LogP contribution in [0.4, 0.5) is 5.69 Å². The molecule has 0 unspecified atom stereocenters. The van der Waals surface area contributed by atoms with Crippen molar-refractivity contribution in [1.82, 2.24) is 14.8 Å². The van der Waals surface area contributed by atoms with Crippen LogP contribution in [0.3, 0.4) is 0 Å². The van der Waals surface area contributed by atoms with Gasteiger partial charge in [-0.15, -0.1) is 10.2 Å². The second-order valence-electron chi connectivity index (χ2n) is 5.63. The van der Waals surface area contributed by atoms with E-state index in [1.165, 1.54) is 0 Å². The van der Waals surface area contributed by atoms with Gasteiger partial charge < -0.3 is 15.6 Å². The van der Waals surface area contributed by atoms with Crippen LogP contribution in [-0.2, 0) is 11.8 Å². The van der Waals surface area contributed by atoms with Crippen LogP contribution in [0.25, 0.3) is 11.4 Å². The van der Waals surface area contributed by atoms with E-state index in [2.05, 4.69) is 15.5 Å². The molecule has 0 aliphatic heterocycles. The van der Waals surface area contributed by atoms with Crippen LogP contribution in [0.15, 0.2) is 30.6 Å². The molecule has 6 heteroatoms. The van der Waals surface area contributed by atoms with Gasteiger partial charge in [-0.2, -0.15) is 0 Å². The number of aryl methyl sites for hydroxylation is 1. The number of nitrogens with one attached hydrogen (secondary N) is 1. The van der Waals surface area contributed by atoms with Crippen molar-refractivity contribution < 1.29 is 4.79 Å². The predicted octanol–water partition coefficient (Wildman–Crippen LogP) is 1.69. The Morgan fingerprint density at radius 3 is 2.71 bits per heavy atom. The number of para-hydroxylation sites is 1. The molecule has 21 heavy (non-hydrogen) atoms. The van der Waals surface area contributed by atoms with Crippen LogP contribution in [0, 0.1) is 0 Å². The Kier molecular flexibility index (Phi) is 3.47. The van der Waals surface area contributed by atoms with Gasteiger partial charge >= 0.3 is 0 Å². The number of amides is 1. The summed E-state index contributed by atoms with van der Waals surface area (Å²) in [6.45, 7) is 0. The summed E-state index contributed by atoms with van der Waals surface area (Å²) in [4.78, 5) is 12.5. The van der Waals surface area contributed by atoms with Crippen LogP contribution >= 0.6 is 0 Å². The first-order valence-electron chi connectivity index (χ1n) is 7.14. The van der Waals surface area contributed by atoms with Gasteiger partial charge in [0, 0.05) is 12.6 Å². The molecule has 0 saturated heterocycles. The Balaban J connectivity index is 1.90. The van der Waals surface area contributed by atoms with Crippen molar-refractivity contribution in [3.8, 4) is 11.4 Å². The highest BCUT2D eigenvalue weighted by molar-refractivity contribution is 6.00. The fraction of sp³-hybridized carbons (Fsp3) is 0.400. The molecule has 1 amide bonds. The van der Waals surface area contributed by atoms with Gasteiger partial charge in [-0.25, -0.2) is 0 Å². The molecule has 1 fully saturated rings. The van der Waals surface area contributed by atoms with E-state index in [-0.39, 0.29) is 5.91 Å². The zero-order valence-corrected chi connectivity index (χ0v) is 12.0. The van der Waals surface area contributed by atoms with E-state index in [0.29, 0.717) is 5.82 Å². The summed E-state index contributed by atoms with van der Waals surface area (Å²) in [5, 5.41) is 10.9. The average Bonchev–Trinajstić information content (AvgIpc) is 3.09. The highest BCUT2D eigenvalue weighted by Crippen LogP contribution is 2.31. The molecule has 1 aromatic carbocycles. The van der Waals surface area contributed by atoms with E-state index in [1.54, 1.807) is 6.33 Å². The van der Waals surface area contributed by atoms with E-state index in [1.807, 2.05) is 35.9 Å². The van der Waals surface area contributed by atoms with E-state index in [9.17, 15) is 4.79 Å². The second-order valence-corrected chi connectivity index (χ2v) is 5.63. The van der Waals surface area contributed by atoms with E-state index < -0.39 is 5.54 Å². The minimum absolute atomic E-state index is 0.116. The number of carbonyl (C=O) groups excluding carboxylic acids is 1. The summed E-state index contributed by atoms with van der Waals surface area (Å²) >= 11 is 0. The molecule has 0 radical (unpaired) electrons. The number of carbonyl (C=O) groups is 1. The number of benzene rings is 1. The number of hydrogen-bond donors (Lipinski definition) is 2. The molecule has 1 heterocycles. The minimum Gasteiger partial charge on any atom is -0.324 e. The quantitative estimate of drug-likeness (QED) is 0.898. The van der Waals surface area contributed by atoms with Gasteiger partial charge in [0.05, 0.1) is 11.2 Å². The van der Waals surface area contributed by atoms with E-state index in [0.717, 1.165) is 36.9 Å². The first-order valence-corrected chi connectivity index (χ1v) is 7.14. The van der Waals surface area contributed by atoms with Crippen LogP contribution < -0.4 is 11.1 Å². The van der Waals surface area contributed by atoms with E-state index >= 15 is 0 Å². The topological polar surface area (TPSA) is 85.8 Å². The fourth-order valence-corrected chi connectivity index (χ4v) is 2.79. The third-order valence-corrected chi connectivity index (χ3v) is 4.08. The molecule has 0 bridgehead atoms. The normalized spacial score (nSPS) is 16.9. The number of nitrogens with zero attached hydrogens (tertiary/aromatic N) is 3. The maximum atomic E-state index is 12.5. The number of nitrogens with two attached hydrogens (primary N) is 1. The lowest BCUT2D eigenvalue weighted by Gasteiger charge is -2.23. The second kappa shape index (κ2) is 5.29. The highest BCUT2D eigenvalue weighted by Gasteiger charge is 2.37. The lowest BCUT2D eigenvalue weighted by atomic mass is 9.97. The molecule has 2 aromatic rings. The summed E-state index contributed by atoms with van der Waals surface area (Å²) < 4.78 is 1.82. The molecule has 6 nitrogen and oxygen atoms in total. The molecule has 1 aliphatic carbocycles. The van der Waals surface area contributed by atoms with Crippen molar-refractivity contribution in [2.24, 2.45) is 12.8 Å². The van der Waals surface area contributed by atoms with Crippen molar-refractivity contribution in [2.75, 3.05) is 5.32 Å². The lowest BCUT2D eigenvalue weighted by Crippen LogP contribution is -2.48. The lowest BCUT2D eigenvalue weighted by molar-refractivity contribution is -0.120. The molecule has 1 saturated carbocycles. The fourth-order valence-electron chi connectivity index (χ4n) is 2.79. The minimum atomic E-state index is -0.743. The van der Waals surface area contributed by atoms with Crippen LogP contribution in [0.1, 0.15) is 25.7 Å². The Hall–Kier alpha value is -2.21. The number of hydrogen-bond acceptors (Lipinski definition) is 4. The summed E-state index contributed by atoms with van der Waals surface area (Å²) in [6, 6.07) is 7.57. The van der Waals surface area contributed by atoms with Crippen molar-refractivity contribution in [3.05, 3.63) is 30.6 Å².